The van der Waals surface area contributed by atoms with Crippen LogP contribution in [0.1, 0.15) is 33.1 Å². The normalized spacial score (nSPS) is 11.8. The summed E-state index contributed by atoms with van der Waals surface area (Å²) < 4.78 is 0. The number of hydrogen-bond acceptors (Lipinski definition) is 1. The number of carboxylic acids is 1. The standard InChI is InChI=1S/C7H14O2.Li.H/c1-3-4-5-6(2)7(8)9;;/h6H,3-5H2,1-2H3,(H,8,9);;. The molecule has 3 heteroatoms. The molecule has 0 aromatic rings. The van der Waals surface area contributed by atoms with Gasteiger partial charge in [-0.2, -0.15) is 0 Å². The molecule has 0 aliphatic rings. The maximum absolute atomic E-state index is 10.2. The van der Waals surface area contributed by atoms with Crippen LogP contribution in [0.2, 0.25) is 0 Å². The molecule has 56 valence electrons. The van der Waals surface area contributed by atoms with Crippen LogP contribution in [0.3, 0.4) is 0 Å². The van der Waals surface area contributed by atoms with Crippen molar-refractivity contribution in [3.63, 3.8) is 0 Å². The molecule has 0 aliphatic carbocycles. The van der Waals surface area contributed by atoms with Gasteiger partial charge in [0, 0.05) is 0 Å². The van der Waals surface area contributed by atoms with Crippen LogP contribution < -0.4 is 0 Å². The van der Waals surface area contributed by atoms with E-state index in [4.69, 9.17) is 5.11 Å². The van der Waals surface area contributed by atoms with E-state index in [9.17, 15) is 4.79 Å². The second-order valence-electron chi connectivity index (χ2n) is 2.38. The fourth-order valence-electron chi connectivity index (χ4n) is 0.634. The first kappa shape index (κ1) is 12.7. The zero-order valence-electron chi connectivity index (χ0n) is 6.05. The van der Waals surface area contributed by atoms with Crippen molar-refractivity contribution in [1.29, 1.82) is 0 Å². The van der Waals surface area contributed by atoms with Crippen molar-refractivity contribution in [2.24, 2.45) is 5.92 Å². The first-order valence-electron chi connectivity index (χ1n) is 3.41. The monoisotopic (exact) mass is 138 g/mol. The second-order valence-corrected chi connectivity index (χ2v) is 2.38. The molecule has 1 N–H and O–H groups in total. The van der Waals surface area contributed by atoms with Gasteiger partial charge in [-0.3, -0.25) is 4.79 Å². The van der Waals surface area contributed by atoms with Gasteiger partial charge in [-0.1, -0.05) is 26.7 Å². The van der Waals surface area contributed by atoms with Gasteiger partial charge in [0.05, 0.1) is 5.92 Å². The molecule has 0 aromatic carbocycles. The number of aliphatic carboxylic acids is 1. The summed E-state index contributed by atoms with van der Waals surface area (Å²) in [6.07, 6.45) is 2.91. The van der Waals surface area contributed by atoms with E-state index in [1.807, 2.05) is 0 Å². The van der Waals surface area contributed by atoms with Gasteiger partial charge in [-0.15, -0.1) is 0 Å². The Labute approximate surface area is 74.2 Å². The van der Waals surface area contributed by atoms with Crippen LogP contribution in [0.25, 0.3) is 0 Å². The Morgan fingerprint density at radius 3 is 2.40 bits per heavy atom. The first-order valence-corrected chi connectivity index (χ1v) is 3.41. The summed E-state index contributed by atoms with van der Waals surface area (Å²) in [5, 5.41) is 8.41. The molecule has 2 nitrogen and oxygen atoms in total. The number of carbonyl (C=O) groups is 1. The molecule has 0 saturated heterocycles. The van der Waals surface area contributed by atoms with Crippen LogP contribution in [-0.4, -0.2) is 29.9 Å². The molecule has 0 bridgehead atoms. The average Bonchev–Trinajstić information content (AvgIpc) is 1.82. The van der Waals surface area contributed by atoms with Crippen LogP contribution in [0.4, 0.5) is 0 Å². The average molecular weight is 138 g/mol. The van der Waals surface area contributed by atoms with Gasteiger partial charge >= 0.3 is 24.8 Å². The molecular formula is C7H15LiO2. The zero-order valence-corrected chi connectivity index (χ0v) is 6.05. The topological polar surface area (TPSA) is 37.3 Å². The van der Waals surface area contributed by atoms with Crippen molar-refractivity contribution in [3.05, 3.63) is 0 Å². The van der Waals surface area contributed by atoms with Gasteiger partial charge < -0.3 is 5.11 Å². The van der Waals surface area contributed by atoms with E-state index >= 15 is 0 Å². The van der Waals surface area contributed by atoms with E-state index < -0.39 is 5.97 Å². The molecule has 0 heterocycles. The van der Waals surface area contributed by atoms with Crippen molar-refractivity contribution in [1.82, 2.24) is 0 Å². The van der Waals surface area contributed by atoms with E-state index in [1.54, 1.807) is 6.92 Å². The summed E-state index contributed by atoms with van der Waals surface area (Å²) in [5.74, 6) is -0.839. The van der Waals surface area contributed by atoms with Crippen molar-refractivity contribution in [2.75, 3.05) is 0 Å². The van der Waals surface area contributed by atoms with Gasteiger partial charge in [0.1, 0.15) is 0 Å². The third-order valence-corrected chi connectivity index (χ3v) is 1.41. The van der Waals surface area contributed by atoms with Crippen molar-refractivity contribution < 1.29 is 9.90 Å². The van der Waals surface area contributed by atoms with E-state index in [0.29, 0.717) is 0 Å². The minimum atomic E-state index is -0.677. The fraction of sp³-hybridized carbons (Fsp3) is 0.857. The number of carboxylic acid groups (broad SMARTS) is 1. The number of rotatable bonds is 4. The van der Waals surface area contributed by atoms with E-state index in [1.165, 1.54) is 0 Å². The maximum atomic E-state index is 10.2. The molecule has 0 spiro atoms. The second kappa shape index (κ2) is 7.18. The van der Waals surface area contributed by atoms with Crippen LogP contribution in [0.15, 0.2) is 0 Å². The van der Waals surface area contributed by atoms with E-state index in [2.05, 4.69) is 6.92 Å². The third-order valence-electron chi connectivity index (χ3n) is 1.41. The van der Waals surface area contributed by atoms with Crippen LogP contribution in [0, 0.1) is 5.92 Å². The van der Waals surface area contributed by atoms with Crippen LogP contribution in [-0.2, 0) is 4.79 Å². The first-order chi connectivity index (χ1) is 4.18. The molecule has 0 aliphatic heterocycles. The summed E-state index contributed by atoms with van der Waals surface area (Å²) in [6, 6.07) is 0. The summed E-state index contributed by atoms with van der Waals surface area (Å²) >= 11 is 0. The molecule has 0 rings (SSSR count). The Hall–Kier alpha value is 0.0674. The van der Waals surface area contributed by atoms with Crippen molar-refractivity contribution in [2.45, 2.75) is 33.1 Å². The van der Waals surface area contributed by atoms with Gasteiger partial charge in [-0.05, 0) is 6.42 Å². The Kier molecular flexibility index (Phi) is 9.13. The summed E-state index contributed by atoms with van der Waals surface area (Å²) in [4.78, 5) is 10.2. The van der Waals surface area contributed by atoms with Gasteiger partial charge in [0.2, 0.25) is 0 Å². The number of unbranched alkanes of at least 4 members (excludes halogenated alkanes) is 1. The molecular weight excluding hydrogens is 123 g/mol. The Morgan fingerprint density at radius 2 is 2.10 bits per heavy atom. The van der Waals surface area contributed by atoms with Crippen LogP contribution >= 0.6 is 0 Å². The summed E-state index contributed by atoms with van der Waals surface area (Å²) in [6.45, 7) is 3.81. The molecule has 0 radical (unpaired) electrons. The van der Waals surface area contributed by atoms with Crippen molar-refractivity contribution in [3.8, 4) is 0 Å². The minimum absolute atomic E-state index is 0. The predicted molar refractivity (Wildman–Crippen MR) is 43.5 cm³/mol. The molecule has 0 saturated carbocycles. The number of hydrogen-bond donors (Lipinski definition) is 1. The Morgan fingerprint density at radius 1 is 1.60 bits per heavy atom. The molecule has 0 amide bonds. The predicted octanol–water partition coefficient (Wildman–Crippen LogP) is 1.25. The van der Waals surface area contributed by atoms with E-state index in [0.717, 1.165) is 19.3 Å². The molecule has 0 fully saturated rings. The molecule has 10 heavy (non-hydrogen) atoms. The molecule has 0 aromatic heterocycles. The van der Waals surface area contributed by atoms with Gasteiger partial charge in [0.25, 0.3) is 0 Å². The zero-order chi connectivity index (χ0) is 7.28. The molecule has 1 unspecified atom stereocenters. The fourth-order valence-corrected chi connectivity index (χ4v) is 0.634. The Bertz CT molecular complexity index is 93.6. The van der Waals surface area contributed by atoms with E-state index in [-0.39, 0.29) is 24.8 Å². The summed E-state index contributed by atoms with van der Waals surface area (Å²) in [7, 11) is 0. The van der Waals surface area contributed by atoms with Gasteiger partial charge in [-0.25, -0.2) is 0 Å². The van der Waals surface area contributed by atoms with Crippen LogP contribution in [0.5, 0.6) is 0 Å². The Balaban J connectivity index is 0. The molecule has 1 atom stereocenters. The quantitative estimate of drug-likeness (QED) is 0.593. The summed E-state index contributed by atoms with van der Waals surface area (Å²) in [5.41, 5.74) is 0. The third kappa shape index (κ3) is 6.19. The van der Waals surface area contributed by atoms with Crippen molar-refractivity contribution >= 4 is 24.8 Å². The SMILES string of the molecule is CCCCC(C)C(=O)O.[LiH]. The van der Waals surface area contributed by atoms with Gasteiger partial charge in [0.15, 0.2) is 0 Å².